The van der Waals surface area contributed by atoms with Gasteiger partial charge in [0.05, 0.1) is 43.0 Å². The minimum Gasteiger partial charge on any atom is -0.478 e. The number of carbonyl (C=O) groups excluding carboxylic acids is 1. The van der Waals surface area contributed by atoms with Gasteiger partial charge in [0.15, 0.2) is 0 Å². The van der Waals surface area contributed by atoms with Crippen molar-refractivity contribution in [3.8, 4) is 6.07 Å². The predicted molar refractivity (Wildman–Crippen MR) is 132 cm³/mol. The summed E-state index contributed by atoms with van der Waals surface area (Å²) < 4.78 is 26.1. The molecule has 0 amide bonds. The summed E-state index contributed by atoms with van der Waals surface area (Å²) in [4.78, 5) is 21.4. The van der Waals surface area contributed by atoms with E-state index in [0.717, 1.165) is 12.3 Å². The van der Waals surface area contributed by atoms with Crippen molar-refractivity contribution >= 4 is 113 Å². The Morgan fingerprint density at radius 3 is 1.91 bits per heavy atom. The van der Waals surface area contributed by atoms with E-state index in [9.17, 15) is 18.4 Å². The first-order valence-corrected chi connectivity index (χ1v) is 21.6. The van der Waals surface area contributed by atoms with Gasteiger partial charge in [0.2, 0.25) is 0 Å². The Labute approximate surface area is 234 Å². The number of rotatable bonds is 3. The fraction of sp³-hybridized carbons (Fsp3) is 0. The van der Waals surface area contributed by atoms with Gasteiger partial charge in [-0.1, -0.05) is 51.6 Å². The normalized spacial score (nSPS) is 10.0. The molecule has 0 aliphatic rings. The monoisotopic (exact) mass is 883 g/mol. The van der Waals surface area contributed by atoms with E-state index in [2.05, 4.69) is 42.4 Å². The maximum Gasteiger partial charge on any atom is 0.337 e. The molecule has 0 bridgehead atoms. The van der Waals surface area contributed by atoms with Crippen LogP contribution in [0.3, 0.4) is 0 Å². The Bertz CT molecular complexity index is 1100. The third-order valence-corrected chi connectivity index (χ3v) is 4.84. The summed E-state index contributed by atoms with van der Waals surface area (Å²) in [6.45, 7) is 0. The zero-order valence-electron chi connectivity index (χ0n) is 14.6. The zero-order valence-corrected chi connectivity index (χ0v) is 24.9. The van der Waals surface area contributed by atoms with Crippen molar-refractivity contribution in [2.45, 2.75) is 0 Å². The van der Waals surface area contributed by atoms with E-state index >= 15 is 0 Å². The summed E-state index contributed by atoms with van der Waals surface area (Å²) in [5.41, 5.74) is -1.20. The van der Waals surface area contributed by atoms with Crippen LogP contribution < -0.4 is 13.3 Å². The molecule has 6 nitrogen and oxygen atoms in total. The van der Waals surface area contributed by atoms with Crippen LogP contribution in [0.15, 0.2) is 17.3 Å². The quantitative estimate of drug-likeness (QED) is 0.115. The number of carboxylic acid groups (broad SMARTS) is 1. The van der Waals surface area contributed by atoms with Crippen molar-refractivity contribution in [3.05, 3.63) is 66.1 Å². The summed E-state index contributed by atoms with van der Waals surface area (Å²) >= 11 is 32.6. The van der Waals surface area contributed by atoms with Crippen molar-refractivity contribution < 1.29 is 41.9 Å². The van der Waals surface area contributed by atoms with Gasteiger partial charge >= 0.3 is 56.5 Å². The number of halogens is 10. The third-order valence-electron chi connectivity index (χ3n) is 3.09. The van der Waals surface area contributed by atoms with E-state index in [1.54, 1.807) is 6.07 Å². The Balaban J connectivity index is 0.000000536. The number of hydrogen-bond acceptors (Lipinski definition) is 5. The summed E-state index contributed by atoms with van der Waals surface area (Å²) in [5.74, 6) is -3.26. The largest absolute Gasteiger partial charge is 0.478 e. The van der Waals surface area contributed by atoms with Gasteiger partial charge in [-0.2, -0.15) is 5.26 Å². The average molecular weight is 885 g/mol. The molecule has 16 heteroatoms. The van der Waals surface area contributed by atoms with Gasteiger partial charge in [-0.25, -0.2) is 13.6 Å². The first-order chi connectivity index (χ1) is 14.9. The van der Waals surface area contributed by atoms with Crippen LogP contribution in [-0.4, -0.2) is 27.7 Å². The first kappa shape index (κ1) is 32.0. The number of aromatic carboxylic acids is 1. The molecular formula is C16H5Cl5F2I3N2O4-. The molecule has 0 heterocycles. The Morgan fingerprint density at radius 1 is 1.03 bits per heavy atom. The molecule has 0 aliphatic heterocycles. The van der Waals surface area contributed by atoms with Gasteiger partial charge < -0.3 is 10.3 Å². The summed E-state index contributed by atoms with van der Waals surface area (Å²) in [6.07, 6.45) is 0.764. The van der Waals surface area contributed by atoms with E-state index in [-0.39, 0.29) is 26.7 Å². The maximum atomic E-state index is 13.1. The molecule has 0 radical (unpaired) electrons. The number of benzene rings is 2. The van der Waals surface area contributed by atoms with Crippen molar-refractivity contribution in [2.75, 3.05) is 0 Å². The second-order valence-corrected chi connectivity index (χ2v) is 22.9. The number of nitriles is 1. The van der Waals surface area contributed by atoms with Gasteiger partial charge in [0, 0.05) is 5.56 Å². The fourth-order valence-electron chi connectivity index (χ4n) is 1.80. The van der Waals surface area contributed by atoms with E-state index < -0.39 is 38.5 Å². The zero-order chi connectivity index (χ0) is 25.2. The molecule has 0 fully saturated rings. The minimum absolute atomic E-state index is 0.182. The number of carbonyl (C=O) groups is 2. The van der Waals surface area contributed by atoms with Crippen molar-refractivity contribution in [1.29, 1.82) is 5.26 Å². The molecule has 174 valence electrons. The van der Waals surface area contributed by atoms with Crippen LogP contribution in [0, 0.1) is 23.0 Å². The molecule has 0 aliphatic carbocycles. The summed E-state index contributed by atoms with van der Waals surface area (Å²) in [7, 11) is 0. The van der Waals surface area contributed by atoms with E-state index in [4.69, 9.17) is 73.6 Å². The Hall–Kier alpha value is 0.0400. The SMILES string of the molecule is I[I-]I.N#Cc1c(Cl)c(F)cc(C(=O)Cl)c1Cl.O=C(O)c1cc(F)c(Cl)c(/C=N/O)c1Cl. The van der Waals surface area contributed by atoms with Crippen molar-refractivity contribution in [2.24, 2.45) is 5.16 Å². The van der Waals surface area contributed by atoms with Crippen LogP contribution >= 0.6 is 95.2 Å². The maximum absolute atomic E-state index is 13.1. The molecule has 0 aromatic heterocycles. The molecule has 32 heavy (non-hydrogen) atoms. The first-order valence-electron chi connectivity index (χ1n) is 7.12. The van der Waals surface area contributed by atoms with Crippen LogP contribution in [0.25, 0.3) is 0 Å². The molecule has 0 atom stereocenters. The fourth-order valence-corrected chi connectivity index (χ4v) is 3.03. The second-order valence-electron chi connectivity index (χ2n) is 4.85. The number of carboxylic acids is 1. The van der Waals surface area contributed by atoms with Crippen LogP contribution in [0.4, 0.5) is 8.78 Å². The standard InChI is InChI=1S/C8HCl3FNO.C8H4Cl2FNO3.I3/c9-6-3(8(11)14)1-5(12)7(10)4(6)2-13;9-6-3(8(13)14)1-5(11)7(10)4(6)2-12-15;1-3-2/h1H;1-2,15H,(H,13,14);/q;;-1/b;12-2+;. The van der Waals surface area contributed by atoms with Gasteiger partial charge in [-0.3, -0.25) is 4.79 Å². The number of oxime groups is 1. The molecule has 0 saturated carbocycles. The molecule has 2 aromatic rings. The minimum atomic E-state index is -1.40. The van der Waals surface area contributed by atoms with Gasteiger partial charge in [-0.15, -0.1) is 0 Å². The molecule has 2 rings (SSSR count). The average Bonchev–Trinajstić information content (AvgIpc) is 2.72. The van der Waals surface area contributed by atoms with Crippen LogP contribution in [0.2, 0.25) is 20.1 Å². The van der Waals surface area contributed by atoms with Crippen LogP contribution in [0.1, 0.15) is 31.8 Å². The molecule has 0 spiro atoms. The van der Waals surface area contributed by atoms with E-state index in [0.29, 0.717) is 19.3 Å². The Kier molecular flexibility index (Phi) is 15.9. The molecule has 0 unspecified atom stereocenters. The number of hydrogen-bond donors (Lipinski definition) is 2. The van der Waals surface area contributed by atoms with Gasteiger partial charge in [0.25, 0.3) is 5.24 Å². The smallest absolute Gasteiger partial charge is 0.337 e. The van der Waals surface area contributed by atoms with Crippen molar-refractivity contribution in [1.82, 2.24) is 0 Å². The second kappa shape index (κ2) is 15.8. The van der Waals surface area contributed by atoms with Crippen LogP contribution in [0.5, 0.6) is 0 Å². The summed E-state index contributed by atoms with van der Waals surface area (Å²) in [6, 6.07) is 3.07. The molecule has 0 saturated heterocycles. The Morgan fingerprint density at radius 2 is 1.50 bits per heavy atom. The van der Waals surface area contributed by atoms with Gasteiger partial charge in [0.1, 0.15) is 17.7 Å². The number of nitrogens with zero attached hydrogens (tertiary/aromatic N) is 2. The van der Waals surface area contributed by atoms with Crippen molar-refractivity contribution in [3.63, 3.8) is 0 Å². The summed E-state index contributed by atoms with van der Waals surface area (Å²) in [5, 5.41) is 25.9. The van der Waals surface area contributed by atoms with Crippen LogP contribution in [-0.2, 0) is 0 Å². The molecular weight excluding hydrogens is 880 g/mol. The molecule has 2 N–H and O–H groups in total. The van der Waals surface area contributed by atoms with Gasteiger partial charge in [-0.05, 0) is 23.7 Å². The molecule has 2 aromatic carbocycles. The van der Waals surface area contributed by atoms with E-state index in [1.165, 1.54) is 0 Å². The third kappa shape index (κ3) is 9.01. The predicted octanol–water partition coefficient (Wildman–Crippen LogP) is 4.80. The van der Waals surface area contributed by atoms with E-state index in [1.807, 2.05) is 0 Å². The topological polar surface area (TPSA) is 111 Å².